The van der Waals surface area contributed by atoms with E-state index in [0.29, 0.717) is 5.52 Å². The second kappa shape index (κ2) is 4.14. The Morgan fingerprint density at radius 1 is 1.32 bits per heavy atom. The van der Waals surface area contributed by atoms with E-state index in [1.54, 1.807) is 23.7 Å². The van der Waals surface area contributed by atoms with Gasteiger partial charge >= 0.3 is 0 Å². The van der Waals surface area contributed by atoms with Crippen molar-refractivity contribution < 1.29 is 8.42 Å². The van der Waals surface area contributed by atoms with Gasteiger partial charge in [0.2, 0.25) is 0 Å². The van der Waals surface area contributed by atoms with Crippen LogP contribution in [0.1, 0.15) is 5.69 Å². The number of imidazole rings is 1. The van der Waals surface area contributed by atoms with Crippen molar-refractivity contribution in [1.82, 2.24) is 15.0 Å². The van der Waals surface area contributed by atoms with Crippen molar-refractivity contribution in [2.24, 2.45) is 0 Å². The lowest BCUT2D eigenvalue weighted by molar-refractivity contribution is 0.602. The Kier molecular flexibility index (Phi) is 2.68. The molecule has 5 nitrogen and oxygen atoms in total. The van der Waals surface area contributed by atoms with Gasteiger partial charge in [-0.15, -0.1) is 11.3 Å². The molecule has 0 bridgehead atoms. The Morgan fingerprint density at radius 3 is 2.74 bits per heavy atom. The molecule has 0 radical (unpaired) electrons. The molecule has 19 heavy (non-hydrogen) atoms. The van der Waals surface area contributed by atoms with E-state index in [4.69, 9.17) is 0 Å². The highest BCUT2D eigenvalue weighted by molar-refractivity contribution is 7.90. The van der Waals surface area contributed by atoms with Gasteiger partial charge < -0.3 is 4.98 Å². The van der Waals surface area contributed by atoms with Gasteiger partial charge in [-0.2, -0.15) is 0 Å². The van der Waals surface area contributed by atoms with Crippen LogP contribution in [0.5, 0.6) is 0 Å². The van der Waals surface area contributed by atoms with Crippen molar-refractivity contribution >= 4 is 32.2 Å². The number of aryl methyl sites for hydroxylation is 1. The third-order valence-electron chi connectivity index (χ3n) is 2.84. The molecule has 98 valence electrons. The van der Waals surface area contributed by atoms with E-state index >= 15 is 0 Å². The summed E-state index contributed by atoms with van der Waals surface area (Å²) in [6.45, 7) is 1.92. The molecule has 3 rings (SSSR count). The first-order valence-corrected chi connectivity index (χ1v) is 8.32. The predicted octanol–water partition coefficient (Wildman–Crippen LogP) is 2.40. The van der Waals surface area contributed by atoms with Crippen LogP contribution in [0, 0.1) is 6.92 Å². The number of hydrogen-bond acceptors (Lipinski definition) is 5. The van der Waals surface area contributed by atoms with Crippen molar-refractivity contribution in [2.75, 3.05) is 6.26 Å². The molecule has 0 saturated heterocycles. The third-order valence-corrected chi connectivity index (χ3v) is 4.89. The van der Waals surface area contributed by atoms with Crippen LogP contribution in [0.3, 0.4) is 0 Å². The molecule has 0 aliphatic rings. The minimum absolute atomic E-state index is 0.288. The fourth-order valence-electron chi connectivity index (χ4n) is 1.86. The smallest absolute Gasteiger partial charge is 0.175 e. The number of benzene rings is 1. The Hall–Kier alpha value is -1.73. The van der Waals surface area contributed by atoms with Gasteiger partial charge in [-0.1, -0.05) is 0 Å². The Balaban J connectivity index is 2.19. The number of fused-ring (bicyclic) bond motifs is 1. The van der Waals surface area contributed by atoms with Gasteiger partial charge in [-0.25, -0.2) is 18.4 Å². The molecule has 2 aromatic heterocycles. The number of nitrogens with zero attached hydrogens (tertiary/aromatic N) is 2. The topological polar surface area (TPSA) is 75.7 Å². The normalized spacial score (nSPS) is 12.1. The Morgan fingerprint density at radius 2 is 2.11 bits per heavy atom. The maximum Gasteiger partial charge on any atom is 0.175 e. The molecular formula is C12H11N3O2S2. The zero-order chi connectivity index (χ0) is 13.6. The highest BCUT2D eigenvalue weighted by atomic mass is 32.2. The molecule has 0 atom stereocenters. The van der Waals surface area contributed by atoms with Crippen LogP contribution in [0.25, 0.3) is 21.7 Å². The second-order valence-electron chi connectivity index (χ2n) is 4.30. The van der Waals surface area contributed by atoms with Crippen LogP contribution in [0.4, 0.5) is 0 Å². The zero-order valence-corrected chi connectivity index (χ0v) is 12.0. The third kappa shape index (κ3) is 2.15. The van der Waals surface area contributed by atoms with Crippen molar-refractivity contribution in [2.45, 2.75) is 11.8 Å². The fraction of sp³-hybridized carbons (Fsp3) is 0.167. The summed E-state index contributed by atoms with van der Waals surface area (Å²) in [5.41, 5.74) is 4.13. The van der Waals surface area contributed by atoms with Gasteiger partial charge in [0.1, 0.15) is 0 Å². The molecular weight excluding hydrogens is 282 g/mol. The average molecular weight is 293 g/mol. The maximum absolute atomic E-state index is 11.5. The van der Waals surface area contributed by atoms with E-state index in [9.17, 15) is 8.42 Å². The van der Waals surface area contributed by atoms with Crippen molar-refractivity contribution in [3.05, 3.63) is 29.4 Å². The number of H-pyrrole nitrogens is 1. The minimum atomic E-state index is -3.20. The number of hydrogen-bond donors (Lipinski definition) is 1. The molecule has 0 spiro atoms. The van der Waals surface area contributed by atoms with Crippen molar-refractivity contribution in [1.29, 1.82) is 0 Å². The molecule has 0 unspecified atom stereocenters. The summed E-state index contributed by atoms with van der Waals surface area (Å²) in [6, 6.07) is 4.89. The molecule has 0 aliphatic carbocycles. The zero-order valence-electron chi connectivity index (χ0n) is 10.3. The van der Waals surface area contributed by atoms with Crippen LogP contribution < -0.4 is 0 Å². The molecule has 0 saturated carbocycles. The number of thiazole rings is 1. The average Bonchev–Trinajstić information content (AvgIpc) is 2.91. The van der Waals surface area contributed by atoms with Crippen LogP contribution >= 0.6 is 11.3 Å². The predicted molar refractivity (Wildman–Crippen MR) is 75.0 cm³/mol. The lowest BCUT2D eigenvalue weighted by Gasteiger charge is -1.96. The van der Waals surface area contributed by atoms with E-state index in [-0.39, 0.29) is 4.90 Å². The highest BCUT2D eigenvalue weighted by Crippen LogP contribution is 2.27. The largest absolute Gasteiger partial charge is 0.337 e. The number of sulfone groups is 1. The number of rotatable bonds is 2. The van der Waals surface area contributed by atoms with Gasteiger partial charge in [0, 0.05) is 6.26 Å². The van der Waals surface area contributed by atoms with Crippen LogP contribution in [-0.2, 0) is 9.84 Å². The molecule has 0 amide bonds. The summed E-state index contributed by atoms with van der Waals surface area (Å²) in [6.07, 6.45) is 1.19. The summed E-state index contributed by atoms with van der Waals surface area (Å²) in [4.78, 5) is 13.0. The summed E-state index contributed by atoms with van der Waals surface area (Å²) in [5.74, 6) is 0.723. The van der Waals surface area contributed by atoms with Crippen LogP contribution in [-0.4, -0.2) is 29.6 Å². The first-order chi connectivity index (χ1) is 8.95. The monoisotopic (exact) mass is 293 g/mol. The lowest BCUT2D eigenvalue weighted by atomic mass is 10.3. The number of aromatic amines is 1. The van der Waals surface area contributed by atoms with E-state index in [1.807, 2.05) is 6.92 Å². The Labute approximate surface area is 114 Å². The van der Waals surface area contributed by atoms with Gasteiger partial charge in [-0.3, -0.25) is 0 Å². The van der Waals surface area contributed by atoms with E-state index < -0.39 is 9.84 Å². The van der Waals surface area contributed by atoms with E-state index in [1.165, 1.54) is 17.6 Å². The van der Waals surface area contributed by atoms with Crippen molar-refractivity contribution in [3.8, 4) is 10.7 Å². The molecule has 0 aliphatic heterocycles. The number of aromatic nitrogens is 3. The summed E-state index contributed by atoms with van der Waals surface area (Å²) in [5, 5.41) is 0. The second-order valence-corrected chi connectivity index (χ2v) is 7.17. The molecule has 7 heteroatoms. The first kappa shape index (κ1) is 12.3. The van der Waals surface area contributed by atoms with E-state index in [2.05, 4.69) is 15.0 Å². The lowest BCUT2D eigenvalue weighted by Crippen LogP contribution is -1.96. The number of nitrogens with one attached hydrogen (secondary N) is 1. The quantitative estimate of drug-likeness (QED) is 0.787. The van der Waals surface area contributed by atoms with Gasteiger partial charge in [0.15, 0.2) is 15.7 Å². The molecule has 0 fully saturated rings. The first-order valence-electron chi connectivity index (χ1n) is 5.55. The SMILES string of the molecule is Cc1ncsc1-c1nc2ccc(S(C)(=O)=O)cc2[nH]1. The summed E-state index contributed by atoms with van der Waals surface area (Å²) < 4.78 is 23.0. The fourth-order valence-corrected chi connectivity index (χ4v) is 3.25. The van der Waals surface area contributed by atoms with Gasteiger partial charge in [0.25, 0.3) is 0 Å². The summed E-state index contributed by atoms with van der Waals surface area (Å²) >= 11 is 1.50. The van der Waals surface area contributed by atoms with Gasteiger partial charge in [0.05, 0.1) is 32.0 Å². The van der Waals surface area contributed by atoms with E-state index in [0.717, 1.165) is 21.9 Å². The summed E-state index contributed by atoms with van der Waals surface area (Å²) in [7, 11) is -3.20. The molecule has 3 aromatic rings. The van der Waals surface area contributed by atoms with Gasteiger partial charge in [-0.05, 0) is 25.1 Å². The minimum Gasteiger partial charge on any atom is -0.337 e. The molecule has 2 heterocycles. The Bertz CT molecular complexity index is 862. The molecule has 1 N–H and O–H groups in total. The van der Waals surface area contributed by atoms with Crippen LogP contribution in [0.15, 0.2) is 28.6 Å². The maximum atomic E-state index is 11.5. The van der Waals surface area contributed by atoms with Crippen LogP contribution in [0.2, 0.25) is 0 Å². The van der Waals surface area contributed by atoms with Crippen molar-refractivity contribution in [3.63, 3.8) is 0 Å². The highest BCUT2D eigenvalue weighted by Gasteiger charge is 2.13. The standard InChI is InChI=1S/C12H11N3O2S2/c1-7-11(18-6-13-7)12-14-9-4-3-8(19(2,16)17)5-10(9)15-12/h3-6H,1-2H3,(H,14,15). The molecule has 1 aromatic carbocycles.